The highest BCUT2D eigenvalue weighted by Crippen LogP contribution is 2.25. The van der Waals surface area contributed by atoms with E-state index in [9.17, 15) is 19.3 Å². The van der Waals surface area contributed by atoms with Gasteiger partial charge in [-0.05, 0) is 24.3 Å². The molecule has 6 nitrogen and oxygen atoms in total. The van der Waals surface area contributed by atoms with Crippen molar-refractivity contribution in [3.63, 3.8) is 0 Å². The predicted octanol–water partition coefficient (Wildman–Crippen LogP) is 3.10. The van der Waals surface area contributed by atoms with Crippen molar-refractivity contribution in [1.29, 1.82) is 0 Å². The van der Waals surface area contributed by atoms with Crippen molar-refractivity contribution >= 4 is 28.9 Å². The van der Waals surface area contributed by atoms with Crippen LogP contribution in [-0.2, 0) is 6.54 Å². The molecule has 0 heterocycles. The second-order valence-corrected chi connectivity index (χ2v) is 4.83. The normalized spacial score (nSPS) is 10.3. The van der Waals surface area contributed by atoms with Gasteiger partial charge in [-0.25, -0.2) is 4.39 Å². The van der Waals surface area contributed by atoms with E-state index in [1.165, 1.54) is 24.3 Å². The van der Waals surface area contributed by atoms with Gasteiger partial charge in [0.1, 0.15) is 0 Å². The molecule has 0 atom stereocenters. The van der Waals surface area contributed by atoms with Gasteiger partial charge < -0.3 is 11.1 Å². The number of carbonyl (C=O) groups is 1. The van der Waals surface area contributed by atoms with E-state index in [1.54, 1.807) is 6.07 Å². The number of nitro benzene ring substituents is 1. The quantitative estimate of drug-likeness (QED) is 0.652. The standard InChI is InChI=1S/C14H11ClFN3O3/c15-10-2-1-3-11(13(10)16)18-7-9-5-4-8(14(17)20)6-12(9)19(21)22/h1-6,18H,7H2,(H2,17,20). The molecule has 0 aliphatic rings. The summed E-state index contributed by atoms with van der Waals surface area (Å²) in [4.78, 5) is 21.5. The van der Waals surface area contributed by atoms with Crippen LogP contribution in [0.25, 0.3) is 0 Å². The minimum absolute atomic E-state index is 0.00732. The lowest BCUT2D eigenvalue weighted by atomic mass is 10.1. The van der Waals surface area contributed by atoms with Crippen LogP contribution in [0.15, 0.2) is 36.4 Å². The van der Waals surface area contributed by atoms with E-state index < -0.39 is 16.6 Å². The molecule has 0 spiro atoms. The molecule has 0 aromatic heterocycles. The molecule has 0 fully saturated rings. The Morgan fingerprint density at radius 1 is 1.36 bits per heavy atom. The van der Waals surface area contributed by atoms with Crippen LogP contribution in [0.2, 0.25) is 5.02 Å². The Kier molecular flexibility index (Phi) is 4.57. The first kappa shape index (κ1) is 15.7. The number of benzene rings is 2. The third-order valence-electron chi connectivity index (χ3n) is 2.99. The number of nitrogens with two attached hydrogens (primary N) is 1. The van der Waals surface area contributed by atoms with Crippen LogP contribution in [0.4, 0.5) is 15.8 Å². The Bertz CT molecular complexity index is 752. The van der Waals surface area contributed by atoms with Gasteiger partial charge in [0.05, 0.1) is 15.6 Å². The molecule has 0 bridgehead atoms. The molecule has 0 radical (unpaired) electrons. The Morgan fingerprint density at radius 2 is 2.09 bits per heavy atom. The largest absolute Gasteiger partial charge is 0.378 e. The van der Waals surface area contributed by atoms with E-state index >= 15 is 0 Å². The number of carbonyl (C=O) groups excluding carboxylic acids is 1. The fourth-order valence-electron chi connectivity index (χ4n) is 1.87. The molecule has 114 valence electrons. The number of anilines is 1. The predicted molar refractivity (Wildman–Crippen MR) is 80.4 cm³/mol. The molecule has 1 amide bonds. The molecule has 22 heavy (non-hydrogen) atoms. The average molecular weight is 324 g/mol. The van der Waals surface area contributed by atoms with Crippen molar-refractivity contribution in [3.8, 4) is 0 Å². The van der Waals surface area contributed by atoms with Crippen molar-refractivity contribution in [2.24, 2.45) is 5.73 Å². The van der Waals surface area contributed by atoms with E-state index in [1.807, 2.05) is 0 Å². The number of halogens is 2. The summed E-state index contributed by atoms with van der Waals surface area (Å²) in [6, 6.07) is 8.28. The smallest absolute Gasteiger partial charge is 0.275 e. The third kappa shape index (κ3) is 3.32. The molecule has 2 aromatic rings. The maximum atomic E-state index is 13.7. The fraction of sp³-hybridized carbons (Fsp3) is 0.0714. The zero-order valence-corrected chi connectivity index (χ0v) is 11.9. The number of hydrogen-bond acceptors (Lipinski definition) is 4. The minimum atomic E-state index is -0.761. The zero-order valence-electron chi connectivity index (χ0n) is 11.2. The van der Waals surface area contributed by atoms with Crippen LogP contribution in [0.3, 0.4) is 0 Å². The highest BCUT2D eigenvalue weighted by atomic mass is 35.5. The first-order valence-electron chi connectivity index (χ1n) is 6.15. The highest BCUT2D eigenvalue weighted by molar-refractivity contribution is 6.31. The lowest BCUT2D eigenvalue weighted by Crippen LogP contribution is -2.12. The van der Waals surface area contributed by atoms with Gasteiger partial charge >= 0.3 is 0 Å². The van der Waals surface area contributed by atoms with Crippen molar-refractivity contribution in [2.45, 2.75) is 6.54 Å². The number of primary amides is 1. The monoisotopic (exact) mass is 323 g/mol. The van der Waals surface area contributed by atoms with Crippen molar-refractivity contribution in [3.05, 3.63) is 68.5 Å². The highest BCUT2D eigenvalue weighted by Gasteiger charge is 2.17. The summed E-state index contributed by atoms with van der Waals surface area (Å²) in [6.45, 7) is -0.00732. The van der Waals surface area contributed by atoms with Gasteiger partial charge in [-0.1, -0.05) is 17.7 Å². The molecule has 8 heteroatoms. The van der Waals surface area contributed by atoms with Crippen LogP contribution in [0, 0.1) is 15.9 Å². The maximum Gasteiger partial charge on any atom is 0.275 e. The van der Waals surface area contributed by atoms with E-state index in [2.05, 4.69) is 5.32 Å². The Balaban J connectivity index is 2.27. The maximum absolute atomic E-state index is 13.7. The summed E-state index contributed by atoms with van der Waals surface area (Å²) in [6.07, 6.45) is 0. The van der Waals surface area contributed by atoms with Gasteiger partial charge in [-0.3, -0.25) is 14.9 Å². The molecule has 0 aliphatic heterocycles. The molecular weight excluding hydrogens is 313 g/mol. The SMILES string of the molecule is NC(=O)c1ccc(CNc2cccc(Cl)c2F)c([N+](=O)[O-])c1. The lowest BCUT2D eigenvalue weighted by molar-refractivity contribution is -0.385. The Hall–Kier alpha value is -2.67. The van der Waals surface area contributed by atoms with E-state index in [4.69, 9.17) is 17.3 Å². The molecule has 2 aromatic carbocycles. The number of nitrogens with zero attached hydrogens (tertiary/aromatic N) is 1. The second kappa shape index (κ2) is 6.40. The topological polar surface area (TPSA) is 98.3 Å². The van der Waals surface area contributed by atoms with Gasteiger partial charge in [-0.15, -0.1) is 0 Å². The summed E-state index contributed by atoms with van der Waals surface area (Å²) in [5.41, 5.74) is 5.26. The first-order chi connectivity index (χ1) is 10.4. The summed E-state index contributed by atoms with van der Waals surface area (Å²) in [7, 11) is 0. The summed E-state index contributed by atoms with van der Waals surface area (Å²) < 4.78 is 13.7. The summed E-state index contributed by atoms with van der Waals surface area (Å²) >= 11 is 5.66. The van der Waals surface area contributed by atoms with Crippen LogP contribution in [-0.4, -0.2) is 10.8 Å². The van der Waals surface area contributed by atoms with E-state index in [-0.39, 0.29) is 34.1 Å². The Labute approximate surface area is 129 Å². The lowest BCUT2D eigenvalue weighted by Gasteiger charge is -2.09. The number of amides is 1. The molecule has 0 aliphatic carbocycles. The van der Waals surface area contributed by atoms with Crippen LogP contribution in [0.1, 0.15) is 15.9 Å². The van der Waals surface area contributed by atoms with Crippen LogP contribution < -0.4 is 11.1 Å². The van der Waals surface area contributed by atoms with Gasteiger partial charge in [0.25, 0.3) is 5.69 Å². The van der Waals surface area contributed by atoms with Gasteiger partial charge in [0, 0.05) is 23.7 Å². The minimum Gasteiger partial charge on any atom is -0.378 e. The number of nitrogens with one attached hydrogen (secondary N) is 1. The molecule has 0 unspecified atom stereocenters. The average Bonchev–Trinajstić information content (AvgIpc) is 2.48. The van der Waals surface area contributed by atoms with E-state index in [0.717, 1.165) is 6.07 Å². The van der Waals surface area contributed by atoms with E-state index in [0.29, 0.717) is 0 Å². The molecular formula is C14H11ClFN3O3. The fourth-order valence-corrected chi connectivity index (χ4v) is 2.04. The molecule has 0 saturated carbocycles. The molecule has 0 saturated heterocycles. The summed E-state index contributed by atoms with van der Waals surface area (Å²) in [5.74, 6) is -1.40. The molecule has 2 rings (SSSR count). The van der Waals surface area contributed by atoms with Crippen molar-refractivity contribution in [1.82, 2.24) is 0 Å². The van der Waals surface area contributed by atoms with Crippen LogP contribution in [0.5, 0.6) is 0 Å². The van der Waals surface area contributed by atoms with Gasteiger partial charge in [0.15, 0.2) is 5.82 Å². The third-order valence-corrected chi connectivity index (χ3v) is 3.28. The Morgan fingerprint density at radius 3 is 2.73 bits per heavy atom. The van der Waals surface area contributed by atoms with Gasteiger partial charge in [0.2, 0.25) is 5.91 Å². The zero-order chi connectivity index (χ0) is 16.3. The van der Waals surface area contributed by atoms with Crippen LogP contribution >= 0.6 is 11.6 Å². The number of rotatable bonds is 5. The molecule has 3 N–H and O–H groups in total. The number of nitro groups is 1. The summed E-state index contributed by atoms with van der Waals surface area (Å²) in [5, 5.41) is 13.7. The first-order valence-corrected chi connectivity index (χ1v) is 6.53. The van der Waals surface area contributed by atoms with Crippen molar-refractivity contribution < 1.29 is 14.1 Å². The van der Waals surface area contributed by atoms with Gasteiger partial charge in [-0.2, -0.15) is 0 Å². The second-order valence-electron chi connectivity index (χ2n) is 4.42. The van der Waals surface area contributed by atoms with Crippen molar-refractivity contribution in [2.75, 3.05) is 5.32 Å². The number of hydrogen-bond donors (Lipinski definition) is 2.